The number of hydrogen-bond donors (Lipinski definition) is 0. The Morgan fingerprint density at radius 3 is 2.52 bits per heavy atom. The molecule has 2 aromatic heterocycles. The maximum Gasteiger partial charge on any atom is 0.255 e. The van der Waals surface area contributed by atoms with E-state index >= 15 is 0 Å². The minimum Gasteiger partial charge on any atom is -0.353 e. The van der Waals surface area contributed by atoms with Crippen LogP contribution in [0.25, 0.3) is 17.0 Å². The van der Waals surface area contributed by atoms with E-state index in [0.29, 0.717) is 37.5 Å². The van der Waals surface area contributed by atoms with Crippen LogP contribution in [0.15, 0.2) is 60.9 Å². The Hall–Kier alpha value is -3.52. The summed E-state index contributed by atoms with van der Waals surface area (Å²) in [7, 11) is 0. The van der Waals surface area contributed by atoms with Crippen molar-refractivity contribution in [2.24, 2.45) is 0 Å². The highest BCUT2D eigenvalue weighted by Crippen LogP contribution is 2.25. The number of amides is 1. The molecule has 0 spiro atoms. The second kappa shape index (κ2) is 7.96. The monoisotopic (exact) mass is 436 g/mol. The highest BCUT2D eigenvalue weighted by Gasteiger charge is 2.25. The van der Waals surface area contributed by atoms with E-state index < -0.39 is 5.82 Å². The van der Waals surface area contributed by atoms with Crippen molar-refractivity contribution < 1.29 is 9.18 Å². The number of anilines is 1. The molecule has 0 aliphatic carbocycles. The van der Waals surface area contributed by atoms with Crippen LogP contribution in [0.3, 0.4) is 0 Å². The number of rotatable bonds is 3. The quantitative estimate of drug-likeness (QED) is 0.491. The molecule has 5 rings (SSSR count). The third kappa shape index (κ3) is 3.70. The molecular formula is C22H18ClFN6O. The molecule has 4 aromatic rings. The summed E-state index contributed by atoms with van der Waals surface area (Å²) in [6, 6.07) is 15.7. The Kier molecular flexibility index (Phi) is 4.99. The van der Waals surface area contributed by atoms with Gasteiger partial charge in [-0.3, -0.25) is 4.79 Å². The number of nitrogens with zero attached hydrogens (tertiary/aromatic N) is 6. The van der Waals surface area contributed by atoms with Gasteiger partial charge in [-0.15, -0.1) is 0 Å². The zero-order chi connectivity index (χ0) is 21.4. The van der Waals surface area contributed by atoms with E-state index in [0.717, 1.165) is 23.1 Å². The Morgan fingerprint density at radius 2 is 1.77 bits per heavy atom. The topological polar surface area (TPSA) is 66.6 Å². The molecule has 7 nitrogen and oxygen atoms in total. The smallest absolute Gasteiger partial charge is 0.255 e. The molecule has 31 heavy (non-hydrogen) atoms. The lowest BCUT2D eigenvalue weighted by Gasteiger charge is -2.36. The molecule has 0 unspecified atom stereocenters. The summed E-state index contributed by atoms with van der Waals surface area (Å²) in [5, 5.41) is 4.44. The fourth-order valence-corrected chi connectivity index (χ4v) is 4.00. The summed E-state index contributed by atoms with van der Waals surface area (Å²) in [6.07, 6.45) is 1.48. The first-order chi connectivity index (χ1) is 15.1. The van der Waals surface area contributed by atoms with E-state index in [2.05, 4.69) is 20.0 Å². The molecule has 0 N–H and O–H groups in total. The third-order valence-corrected chi connectivity index (χ3v) is 5.67. The molecule has 1 aliphatic heterocycles. The van der Waals surface area contributed by atoms with Gasteiger partial charge in [0.1, 0.15) is 18.0 Å². The molecule has 1 saturated heterocycles. The largest absolute Gasteiger partial charge is 0.353 e. The molecule has 3 heterocycles. The molecule has 156 valence electrons. The highest BCUT2D eigenvalue weighted by molar-refractivity contribution is 6.33. The molecule has 0 atom stereocenters. The second-order valence-corrected chi connectivity index (χ2v) is 7.65. The number of carbonyl (C=O) groups excluding carboxylic acids is 1. The van der Waals surface area contributed by atoms with Crippen molar-refractivity contribution >= 4 is 29.1 Å². The van der Waals surface area contributed by atoms with E-state index in [1.165, 1.54) is 18.5 Å². The summed E-state index contributed by atoms with van der Waals surface area (Å²) in [5.41, 5.74) is 2.12. The van der Waals surface area contributed by atoms with Gasteiger partial charge in [0, 0.05) is 37.8 Å². The standard InChI is InChI=1S/C22H18ClFN6O/c23-18-12-16(24)6-7-17(18)21(31)29-10-8-28(9-11-29)20-13-19(15-4-2-1-3-5-15)27-22-25-14-26-30(20)22/h1-7,12-14H,8-11H2. The van der Waals surface area contributed by atoms with E-state index in [9.17, 15) is 9.18 Å². The van der Waals surface area contributed by atoms with Gasteiger partial charge in [0.25, 0.3) is 11.7 Å². The summed E-state index contributed by atoms with van der Waals surface area (Å²) in [6.45, 7) is 2.23. The summed E-state index contributed by atoms with van der Waals surface area (Å²) < 4.78 is 15.0. The lowest BCUT2D eigenvalue weighted by atomic mass is 10.1. The number of benzene rings is 2. The number of hydrogen-bond acceptors (Lipinski definition) is 5. The average molecular weight is 437 g/mol. The number of carbonyl (C=O) groups is 1. The molecule has 1 aliphatic rings. The van der Waals surface area contributed by atoms with E-state index in [4.69, 9.17) is 11.6 Å². The van der Waals surface area contributed by atoms with Crippen LogP contribution in [0.5, 0.6) is 0 Å². The van der Waals surface area contributed by atoms with Gasteiger partial charge in [-0.1, -0.05) is 41.9 Å². The Morgan fingerprint density at radius 1 is 1.00 bits per heavy atom. The van der Waals surface area contributed by atoms with Crippen LogP contribution in [0.2, 0.25) is 5.02 Å². The van der Waals surface area contributed by atoms with Gasteiger partial charge in [0.05, 0.1) is 16.3 Å². The summed E-state index contributed by atoms with van der Waals surface area (Å²) >= 11 is 6.07. The average Bonchev–Trinajstić information content (AvgIpc) is 3.28. The van der Waals surface area contributed by atoms with Gasteiger partial charge in [-0.05, 0) is 18.2 Å². The van der Waals surface area contributed by atoms with Crippen LogP contribution < -0.4 is 4.90 Å². The Labute approximate surface area is 182 Å². The zero-order valence-corrected chi connectivity index (χ0v) is 17.2. The van der Waals surface area contributed by atoms with Crippen LogP contribution in [-0.4, -0.2) is 56.6 Å². The van der Waals surface area contributed by atoms with Crippen molar-refractivity contribution in [1.29, 1.82) is 0 Å². The molecule has 2 aromatic carbocycles. The first-order valence-electron chi connectivity index (χ1n) is 9.85. The van der Waals surface area contributed by atoms with E-state index in [1.54, 1.807) is 9.42 Å². The maximum absolute atomic E-state index is 13.3. The molecule has 9 heteroatoms. The third-order valence-electron chi connectivity index (χ3n) is 5.36. The van der Waals surface area contributed by atoms with Crippen LogP contribution in [0, 0.1) is 5.82 Å². The van der Waals surface area contributed by atoms with Crippen molar-refractivity contribution in [3.63, 3.8) is 0 Å². The first kappa shape index (κ1) is 19.4. The molecular weight excluding hydrogens is 419 g/mol. The number of halogens is 2. The molecule has 1 fully saturated rings. The lowest BCUT2D eigenvalue weighted by Crippen LogP contribution is -2.49. The van der Waals surface area contributed by atoms with Crippen LogP contribution in [0.4, 0.5) is 10.2 Å². The van der Waals surface area contributed by atoms with Gasteiger partial charge < -0.3 is 9.80 Å². The van der Waals surface area contributed by atoms with E-state index in [1.807, 2.05) is 36.4 Å². The first-order valence-corrected chi connectivity index (χ1v) is 10.2. The highest BCUT2D eigenvalue weighted by atomic mass is 35.5. The predicted octanol–water partition coefficient (Wildman–Crippen LogP) is 3.55. The molecule has 0 bridgehead atoms. The van der Waals surface area contributed by atoms with E-state index in [-0.39, 0.29) is 10.9 Å². The number of fused-ring (bicyclic) bond motifs is 1. The lowest BCUT2D eigenvalue weighted by molar-refractivity contribution is 0.0746. The van der Waals surface area contributed by atoms with Crippen molar-refractivity contribution in [3.05, 3.63) is 77.3 Å². The Balaban J connectivity index is 1.39. The fourth-order valence-electron chi connectivity index (χ4n) is 3.75. The van der Waals surface area contributed by atoms with Gasteiger partial charge in [0.2, 0.25) is 0 Å². The van der Waals surface area contributed by atoms with Gasteiger partial charge in [0.15, 0.2) is 0 Å². The predicted molar refractivity (Wildman–Crippen MR) is 116 cm³/mol. The number of aromatic nitrogens is 4. The SMILES string of the molecule is O=C(c1ccc(F)cc1Cl)N1CCN(c2cc(-c3ccccc3)nc3ncnn23)CC1. The normalized spacial score (nSPS) is 14.3. The van der Waals surface area contributed by atoms with Crippen molar-refractivity contribution in [2.75, 3.05) is 31.1 Å². The Bertz CT molecular complexity index is 1250. The minimum atomic E-state index is -0.463. The van der Waals surface area contributed by atoms with Gasteiger partial charge >= 0.3 is 0 Å². The van der Waals surface area contributed by atoms with Crippen molar-refractivity contribution in [1.82, 2.24) is 24.5 Å². The zero-order valence-electron chi connectivity index (χ0n) is 16.4. The minimum absolute atomic E-state index is 0.124. The molecule has 0 saturated carbocycles. The fraction of sp³-hybridized carbons (Fsp3) is 0.182. The van der Waals surface area contributed by atoms with Crippen LogP contribution in [0.1, 0.15) is 10.4 Å². The van der Waals surface area contributed by atoms with Crippen molar-refractivity contribution in [2.45, 2.75) is 0 Å². The van der Waals surface area contributed by atoms with Crippen molar-refractivity contribution in [3.8, 4) is 11.3 Å². The molecule has 0 radical (unpaired) electrons. The summed E-state index contributed by atoms with van der Waals surface area (Å²) in [4.78, 5) is 25.6. The molecule has 1 amide bonds. The maximum atomic E-state index is 13.3. The second-order valence-electron chi connectivity index (χ2n) is 7.24. The van der Waals surface area contributed by atoms with Gasteiger partial charge in [-0.25, -0.2) is 9.37 Å². The van der Waals surface area contributed by atoms with Crippen LogP contribution >= 0.6 is 11.6 Å². The van der Waals surface area contributed by atoms with Crippen LogP contribution in [-0.2, 0) is 0 Å². The van der Waals surface area contributed by atoms with Gasteiger partial charge in [-0.2, -0.15) is 14.6 Å². The summed E-state index contributed by atoms with van der Waals surface area (Å²) in [5.74, 6) is 0.728. The number of piperazine rings is 1.